The number of nitrogens with one attached hydrogen (secondary N) is 2. The molecule has 0 bridgehead atoms. The Labute approximate surface area is 783 Å². The van der Waals surface area contributed by atoms with Gasteiger partial charge in [-0.2, -0.15) is 0 Å². The maximum atomic E-state index is 13.2. The number of rotatable bonds is 25. The molecule has 644 valence electrons. The van der Waals surface area contributed by atoms with Crippen molar-refractivity contribution < 1.29 is 37.6 Å². The quantitative estimate of drug-likeness (QED) is 0.0287. The molecular formula is C106H112FI3N6O7Si2. The van der Waals surface area contributed by atoms with Crippen LogP contribution < -0.4 is 54.1 Å². The van der Waals surface area contributed by atoms with E-state index >= 15 is 0 Å². The fourth-order valence-corrected chi connectivity index (χ4v) is 17.7. The number of nitrogens with zero attached hydrogens (tertiary/aromatic N) is 4. The first kappa shape index (κ1) is 99.3. The van der Waals surface area contributed by atoms with Crippen LogP contribution in [-0.4, -0.2) is 99.0 Å². The summed E-state index contributed by atoms with van der Waals surface area (Å²) in [5.41, 5.74) is 9.04. The molecule has 12 aromatic carbocycles. The van der Waals surface area contributed by atoms with Gasteiger partial charge in [0, 0.05) is 85.1 Å². The minimum Gasteiger partial charge on any atom is -0.457 e. The lowest BCUT2D eigenvalue weighted by Crippen LogP contribution is -2.67. The van der Waals surface area contributed by atoms with Crippen LogP contribution in [0, 0.1) is 52.7 Å². The summed E-state index contributed by atoms with van der Waals surface area (Å²) in [4.78, 5) is 13.5. The van der Waals surface area contributed by atoms with Crippen LogP contribution in [0.1, 0.15) is 64.3 Å². The molecule has 0 saturated carbocycles. The van der Waals surface area contributed by atoms with E-state index in [0.717, 1.165) is 100 Å². The summed E-state index contributed by atoms with van der Waals surface area (Å²) in [6.07, 6.45) is 14.1. The molecule has 125 heavy (non-hydrogen) atoms. The number of hydrogen-bond acceptors (Lipinski definition) is 12. The van der Waals surface area contributed by atoms with E-state index in [1.54, 1.807) is 6.07 Å². The molecule has 0 amide bonds. The largest absolute Gasteiger partial charge is 0.457 e. The number of aliphatic hydroxyl groups is 1. The van der Waals surface area contributed by atoms with E-state index in [9.17, 15) is 4.39 Å². The van der Waals surface area contributed by atoms with Crippen molar-refractivity contribution in [1.29, 1.82) is 0 Å². The minimum absolute atomic E-state index is 0.0360. The molecule has 3 N–H and O–H groups in total. The summed E-state index contributed by atoms with van der Waals surface area (Å²) < 4.78 is 52.8. The number of pyridine rings is 1. The van der Waals surface area contributed by atoms with Crippen molar-refractivity contribution in [3.05, 3.63) is 367 Å². The number of anilines is 3. The summed E-state index contributed by atoms with van der Waals surface area (Å²) in [6, 6.07) is 107. The van der Waals surface area contributed by atoms with Gasteiger partial charge in [-0.1, -0.05) is 163 Å². The predicted octanol–water partition coefficient (Wildman–Crippen LogP) is 26.0. The van der Waals surface area contributed by atoms with Crippen LogP contribution in [0.2, 0.25) is 24.7 Å². The number of H-pyrrole nitrogens is 1. The highest BCUT2D eigenvalue weighted by Crippen LogP contribution is 2.38. The normalized spacial score (nSPS) is 10.5. The Morgan fingerprint density at radius 3 is 1.09 bits per heavy atom. The number of para-hydroxylation sites is 2. The SMILES string of the molecule is C#C[Si](C)(C)C.C#Cc1ccc(Oc2ccc(N(C)CCO[Si](c3ccccc3)(c3ccccc3)C(C)(C)C)cc2)cc1.CCCN(C)c1ccc(Oc2ccc(I)cc2)cc1.CCCNC.CN(CCO)c1ccc(Oc2ccc(C#Cc3cc4cc(F)cnc4[nH]3)cc2)cc1.Ic1ccc(Oc2ccc(I)cc2)cc1.c1ccc(Oc2ccccc2)cc1. The molecule has 0 spiro atoms. The van der Waals surface area contributed by atoms with Crippen molar-refractivity contribution >= 4 is 123 Å². The van der Waals surface area contributed by atoms with Crippen LogP contribution in [0.4, 0.5) is 21.5 Å². The van der Waals surface area contributed by atoms with Crippen molar-refractivity contribution in [1.82, 2.24) is 15.3 Å². The first-order chi connectivity index (χ1) is 60.3. The fourth-order valence-electron chi connectivity index (χ4n) is 12.1. The van der Waals surface area contributed by atoms with Gasteiger partial charge in [-0.25, -0.2) is 9.37 Å². The smallest absolute Gasteiger partial charge is 0.261 e. The Morgan fingerprint density at radius 2 is 0.768 bits per heavy atom. The average molecular weight is 2040 g/mol. The van der Waals surface area contributed by atoms with E-state index in [-0.39, 0.29) is 17.5 Å². The number of aliphatic hydroxyl groups excluding tert-OH is 1. The number of benzene rings is 12. The van der Waals surface area contributed by atoms with Gasteiger partial charge in [-0.05, 0) is 346 Å². The van der Waals surface area contributed by atoms with Gasteiger partial charge < -0.3 is 58.2 Å². The van der Waals surface area contributed by atoms with Crippen LogP contribution in [-0.2, 0) is 4.43 Å². The average Bonchev–Trinajstić information content (AvgIpc) is 1.08. The molecule has 14 rings (SSSR count). The molecule has 0 aliphatic rings. The number of halogens is 4. The fraction of sp³-hybridized carbons (Fsp3) is 0.198. The number of terminal acetylenes is 2. The summed E-state index contributed by atoms with van der Waals surface area (Å²) in [7, 11) is 4.46. The highest BCUT2D eigenvalue weighted by atomic mass is 127. The second kappa shape index (κ2) is 52.6. The van der Waals surface area contributed by atoms with E-state index < -0.39 is 16.4 Å². The molecule has 2 aromatic heterocycles. The maximum absolute atomic E-state index is 13.2. The second-order valence-electron chi connectivity index (χ2n) is 30.7. The molecule has 0 aliphatic carbocycles. The lowest BCUT2D eigenvalue weighted by Gasteiger charge is -2.43. The van der Waals surface area contributed by atoms with Gasteiger partial charge in [0.05, 0.1) is 25.1 Å². The molecule has 0 atom stereocenters. The zero-order valence-corrected chi connectivity index (χ0v) is 81.7. The molecular weight excluding hydrogens is 1930 g/mol. The van der Waals surface area contributed by atoms with Gasteiger partial charge in [0.25, 0.3) is 8.32 Å². The lowest BCUT2D eigenvalue weighted by atomic mass is 10.2. The number of aromatic nitrogens is 2. The standard InChI is InChI=1S/C33H35NO2Si.C24H20FN3O2.C16H18INO.C12H8I2O.C12H10O.C5H10Si.C4H11N/c1-6-27-17-21-29(22-18-27)36-30-23-19-28(20-24-30)34(5)25-26-35-37(33(2,3)4,31-13-9-7-10-14-31)32-15-11-8-12-16-32;1-28(12-13-29)21-6-10-23(11-7-21)30-22-8-3-17(4-9-22)2-5-20-15-18-14-19(25)16-26-24(18)27-20;1-3-12-18(2)14-6-10-16(11-7-14)19-15-8-4-13(17)5-9-15;13-9-1-5-11(6-2-9)15-12-7-3-10(14)4-8-12;1-3-7-11(8-4-1)13-12-9-5-2-6-10-12;1-5-6(2,3)4;1-3-4-5-2/h1,7-24H,25-26H2,2-5H3;3-4,6-11,14-16,29H,12-13H2,1H3,(H,26,27);4-11H,3,12H2,1-2H3;1-8H;1-10H;1H,2-4H3;5H,3-4H2,1-2H3. The Bertz CT molecular complexity index is 5460. The number of hydrogen-bond donors (Lipinski definition) is 3. The highest BCUT2D eigenvalue weighted by Gasteiger charge is 2.50. The third-order valence-electron chi connectivity index (χ3n) is 18.7. The third kappa shape index (κ3) is 34.7. The van der Waals surface area contributed by atoms with Gasteiger partial charge in [-0.3, -0.25) is 0 Å². The zero-order chi connectivity index (χ0) is 89.8. The van der Waals surface area contributed by atoms with Gasteiger partial charge in [0.15, 0.2) is 0 Å². The minimum atomic E-state index is -2.54. The first-order valence-electron chi connectivity index (χ1n) is 41.3. The van der Waals surface area contributed by atoms with Crippen LogP contribution in [0.5, 0.6) is 57.5 Å². The van der Waals surface area contributed by atoms with Crippen LogP contribution in [0.25, 0.3) is 11.0 Å². The molecule has 0 radical (unpaired) electrons. The first-order valence-corrected chi connectivity index (χ1v) is 49.9. The Hall–Kier alpha value is -11.2. The van der Waals surface area contributed by atoms with Crippen LogP contribution in [0.3, 0.4) is 0 Å². The Balaban J connectivity index is 0.000000196. The van der Waals surface area contributed by atoms with Crippen molar-refractivity contribution in [2.24, 2.45) is 0 Å². The molecule has 0 aliphatic heterocycles. The summed E-state index contributed by atoms with van der Waals surface area (Å²) in [5, 5.41) is 15.3. The number of aromatic amines is 1. The second-order valence-corrected chi connectivity index (χ2v) is 43.5. The van der Waals surface area contributed by atoms with Crippen molar-refractivity contribution in [3.63, 3.8) is 0 Å². The van der Waals surface area contributed by atoms with E-state index in [0.29, 0.717) is 35.6 Å². The molecule has 14 aromatic rings. The van der Waals surface area contributed by atoms with Gasteiger partial charge in [0.1, 0.15) is 77.0 Å². The van der Waals surface area contributed by atoms with Crippen LogP contribution in [0.15, 0.2) is 334 Å². The summed E-state index contributed by atoms with van der Waals surface area (Å²) in [5.74, 6) is 16.6. The summed E-state index contributed by atoms with van der Waals surface area (Å²) in [6.45, 7) is 22.0. The van der Waals surface area contributed by atoms with E-state index in [1.807, 2.05) is 250 Å². The third-order valence-corrected chi connectivity index (χ3v) is 26.7. The Kier molecular flexibility index (Phi) is 41.8. The Morgan fingerprint density at radius 1 is 0.440 bits per heavy atom. The van der Waals surface area contributed by atoms with E-state index in [2.05, 4.69) is 269 Å². The van der Waals surface area contributed by atoms with Gasteiger partial charge >= 0.3 is 0 Å². The zero-order valence-electron chi connectivity index (χ0n) is 73.3. The molecule has 0 fully saturated rings. The van der Waals surface area contributed by atoms with E-state index in [4.69, 9.17) is 46.1 Å². The van der Waals surface area contributed by atoms with E-state index in [1.165, 1.54) is 45.5 Å². The van der Waals surface area contributed by atoms with Crippen molar-refractivity contribution in [3.8, 4) is 93.6 Å². The predicted molar refractivity (Wildman–Crippen MR) is 550 cm³/mol. The maximum Gasteiger partial charge on any atom is 0.261 e. The highest BCUT2D eigenvalue weighted by molar-refractivity contribution is 14.1. The molecule has 2 heterocycles. The number of likely N-dealkylation sites (N-methyl/N-ethyl adjacent to an activating group) is 2. The lowest BCUT2D eigenvalue weighted by molar-refractivity contribution is 0.304. The van der Waals surface area contributed by atoms with Gasteiger partial charge in [0.2, 0.25) is 0 Å². The molecule has 19 heteroatoms. The topological polar surface area (TPSA) is 126 Å². The van der Waals surface area contributed by atoms with Crippen molar-refractivity contribution in [2.75, 3.05) is 82.3 Å². The van der Waals surface area contributed by atoms with Crippen LogP contribution >= 0.6 is 67.8 Å². The number of fused-ring (bicyclic) bond motifs is 1. The van der Waals surface area contributed by atoms with Gasteiger partial charge in [-0.15, -0.1) is 18.4 Å². The molecule has 0 unspecified atom stereocenters. The molecule has 0 saturated heterocycles. The van der Waals surface area contributed by atoms with Crippen molar-refractivity contribution in [2.45, 2.75) is 72.1 Å². The summed E-state index contributed by atoms with van der Waals surface area (Å²) >= 11 is 6.84. The monoisotopic (exact) mass is 2040 g/mol. The molecule has 13 nitrogen and oxygen atoms in total. The number of ether oxygens (including phenoxy) is 5.